The van der Waals surface area contributed by atoms with E-state index in [-0.39, 0.29) is 54.9 Å². The van der Waals surface area contributed by atoms with E-state index >= 15 is 0 Å². The Kier molecular flexibility index (Phi) is 20.1. The summed E-state index contributed by atoms with van der Waals surface area (Å²) < 4.78 is 15.2. The number of para-hydroxylation sites is 4. The van der Waals surface area contributed by atoms with E-state index in [0.717, 1.165) is 161 Å². The van der Waals surface area contributed by atoms with Crippen LogP contribution in [0.2, 0.25) is 0 Å². The maximum atomic E-state index is 13.3. The zero-order valence-electron chi connectivity index (χ0n) is 45.1. The highest BCUT2D eigenvalue weighted by atomic mass is 16.5. The standard InChI is InChI=1S/C31H40N4O3.C30H39N5O3.CH4/c1-23(20-24-12-14-26(15-13-24)34-17-6-11-29(34)36)21-30(37)33-16-5-8-25(22-33)31-32-27-9-3-4-10-28(27)35(31)18-7-19-38-2;1-38-18-6-17-35-27-9-3-2-8-26(27)32-30(35)23-7-4-15-33(21-23)29(37)20-24(31)19-22-11-13-25(14-12-22)34-16-5-10-28(34)36;/h3-4,9-10,12-15,23,25H,5-8,11,16-22H2,1-2H3;2-3,8-9,11-14,23-24H,4-7,10,15-21,31H2,1H3;1H4/t23-,25-;23-,24-;/m11./s1. The zero-order valence-corrected chi connectivity index (χ0v) is 45.1. The molecule has 0 saturated carbocycles. The number of imidazole rings is 2. The molecule has 4 saturated heterocycles. The summed E-state index contributed by atoms with van der Waals surface area (Å²) in [5, 5.41) is 0. The molecular formula is C62H83N9O6. The molecule has 412 valence electrons. The Bertz CT molecular complexity index is 2700. The first kappa shape index (κ1) is 56.8. The van der Waals surface area contributed by atoms with Crippen molar-refractivity contribution in [3.63, 3.8) is 0 Å². The molecule has 77 heavy (non-hydrogen) atoms. The molecule has 2 N–H and O–H groups in total. The van der Waals surface area contributed by atoms with Gasteiger partial charge in [-0.3, -0.25) is 19.2 Å². The SMILES string of the molecule is C.COCCCn1c([C@@H]2CCCN(C(=O)C[C@H](C)Cc3ccc(N4CCCC4=O)cc3)C2)nc2ccccc21.COCCCn1c([C@@H]2CCCN(C(=O)C[C@H](N)Cc3ccc(N4CCCC4=O)cc3)C2)nc2ccccc21. The molecule has 4 aliphatic rings. The topological polar surface area (TPSA) is 161 Å². The summed E-state index contributed by atoms with van der Waals surface area (Å²) in [5.74, 6) is 3.63. The van der Waals surface area contributed by atoms with Crippen molar-refractivity contribution in [2.75, 3.05) is 76.5 Å². The van der Waals surface area contributed by atoms with E-state index in [9.17, 15) is 19.2 Å². The van der Waals surface area contributed by atoms with Gasteiger partial charge in [-0.25, -0.2) is 9.97 Å². The van der Waals surface area contributed by atoms with Crippen LogP contribution in [0.5, 0.6) is 0 Å². The Balaban J connectivity index is 0.000000201. The number of nitrogens with zero attached hydrogens (tertiary/aromatic N) is 8. The van der Waals surface area contributed by atoms with Gasteiger partial charge in [-0.2, -0.15) is 0 Å². The number of hydrogen-bond donors (Lipinski definition) is 1. The number of ether oxygens (including phenoxy) is 2. The lowest BCUT2D eigenvalue weighted by Gasteiger charge is -2.33. The molecule has 0 bridgehead atoms. The quantitative estimate of drug-likeness (QED) is 0.0735. The monoisotopic (exact) mass is 1050 g/mol. The van der Waals surface area contributed by atoms with Crippen molar-refractivity contribution in [3.8, 4) is 0 Å². The molecule has 6 aromatic rings. The number of aryl methyl sites for hydroxylation is 2. The third-order valence-corrected chi connectivity index (χ3v) is 15.8. The first-order chi connectivity index (χ1) is 37.1. The van der Waals surface area contributed by atoms with Crippen molar-refractivity contribution in [1.29, 1.82) is 0 Å². The van der Waals surface area contributed by atoms with Crippen LogP contribution in [0.3, 0.4) is 0 Å². The van der Waals surface area contributed by atoms with Gasteiger partial charge in [-0.05, 0) is 130 Å². The van der Waals surface area contributed by atoms with Gasteiger partial charge >= 0.3 is 0 Å². The lowest BCUT2D eigenvalue weighted by atomic mass is 9.94. The predicted octanol–water partition coefficient (Wildman–Crippen LogP) is 9.68. The fourth-order valence-electron chi connectivity index (χ4n) is 11.9. The number of fused-ring (bicyclic) bond motifs is 2. The van der Waals surface area contributed by atoms with Gasteiger partial charge in [-0.1, -0.05) is 62.9 Å². The molecule has 0 spiro atoms. The number of carbonyl (C=O) groups excluding carboxylic acids is 4. The van der Waals surface area contributed by atoms with Crippen LogP contribution < -0.4 is 15.5 Å². The summed E-state index contributed by atoms with van der Waals surface area (Å²) in [7, 11) is 3.47. The van der Waals surface area contributed by atoms with Crippen molar-refractivity contribution in [2.24, 2.45) is 11.7 Å². The number of aromatic nitrogens is 4. The summed E-state index contributed by atoms with van der Waals surface area (Å²) in [6.45, 7) is 9.91. The Labute approximate surface area is 456 Å². The summed E-state index contributed by atoms with van der Waals surface area (Å²) >= 11 is 0. The first-order valence-corrected chi connectivity index (χ1v) is 28.0. The molecule has 10 rings (SSSR count). The van der Waals surface area contributed by atoms with Crippen molar-refractivity contribution < 1.29 is 28.7 Å². The molecule has 4 atom stereocenters. The maximum Gasteiger partial charge on any atom is 0.227 e. The number of nitrogens with two attached hydrogens (primary N) is 1. The Hall–Kier alpha value is -6.42. The molecule has 2 aromatic heterocycles. The Morgan fingerprint density at radius 1 is 0.597 bits per heavy atom. The number of hydrogen-bond acceptors (Lipinski definition) is 9. The minimum atomic E-state index is -0.249. The first-order valence-electron chi connectivity index (χ1n) is 28.0. The van der Waals surface area contributed by atoms with E-state index in [4.69, 9.17) is 25.2 Å². The molecule has 0 aliphatic carbocycles. The molecule has 4 amide bonds. The number of likely N-dealkylation sites (tertiary alicyclic amines) is 2. The molecule has 4 fully saturated rings. The smallest absolute Gasteiger partial charge is 0.227 e. The summed E-state index contributed by atoms with van der Waals surface area (Å²) in [4.78, 5) is 68.4. The third kappa shape index (κ3) is 14.2. The summed E-state index contributed by atoms with van der Waals surface area (Å²) in [6.07, 6.45) is 11.4. The minimum absolute atomic E-state index is 0. The molecule has 15 heteroatoms. The maximum absolute atomic E-state index is 13.3. The van der Waals surface area contributed by atoms with Crippen LogP contribution in [0.15, 0.2) is 97.1 Å². The number of methoxy groups -OCH3 is 2. The van der Waals surface area contributed by atoms with E-state index < -0.39 is 0 Å². The fraction of sp³-hybridized carbons (Fsp3) is 0.516. The largest absolute Gasteiger partial charge is 0.385 e. The van der Waals surface area contributed by atoms with E-state index in [1.165, 1.54) is 5.56 Å². The van der Waals surface area contributed by atoms with Crippen LogP contribution >= 0.6 is 0 Å². The second-order valence-corrected chi connectivity index (χ2v) is 21.6. The van der Waals surface area contributed by atoms with Gasteiger partial charge in [0.25, 0.3) is 0 Å². The van der Waals surface area contributed by atoms with Gasteiger partial charge in [0.1, 0.15) is 11.6 Å². The zero-order chi connectivity index (χ0) is 53.0. The highest BCUT2D eigenvalue weighted by Crippen LogP contribution is 2.33. The normalized spacial score (nSPS) is 18.6. The van der Waals surface area contributed by atoms with Gasteiger partial charge in [0, 0.05) is 135 Å². The van der Waals surface area contributed by atoms with Gasteiger partial charge in [0.15, 0.2) is 0 Å². The Morgan fingerprint density at radius 2 is 1.04 bits per heavy atom. The predicted molar refractivity (Wildman–Crippen MR) is 306 cm³/mol. The lowest BCUT2D eigenvalue weighted by Crippen LogP contribution is -2.42. The number of piperidine rings is 2. The summed E-state index contributed by atoms with van der Waals surface area (Å²) in [6, 6.07) is 32.7. The number of carbonyl (C=O) groups is 4. The number of rotatable bonds is 20. The molecule has 0 unspecified atom stereocenters. The number of benzene rings is 4. The Morgan fingerprint density at radius 3 is 1.48 bits per heavy atom. The lowest BCUT2D eigenvalue weighted by molar-refractivity contribution is -0.133. The van der Waals surface area contributed by atoms with Gasteiger partial charge in [0.05, 0.1) is 22.1 Å². The van der Waals surface area contributed by atoms with Crippen LogP contribution in [0, 0.1) is 5.92 Å². The minimum Gasteiger partial charge on any atom is -0.385 e. The van der Waals surface area contributed by atoms with Crippen molar-refractivity contribution in [3.05, 3.63) is 120 Å². The summed E-state index contributed by atoms with van der Waals surface area (Å²) in [5.41, 5.74) is 15.0. The van der Waals surface area contributed by atoms with Gasteiger partial charge in [-0.15, -0.1) is 0 Å². The fourth-order valence-corrected chi connectivity index (χ4v) is 11.9. The number of anilines is 2. The average Bonchev–Trinajstić information content (AvgIpc) is 4.26. The molecule has 6 heterocycles. The average molecular weight is 1050 g/mol. The molecule has 4 aliphatic heterocycles. The van der Waals surface area contributed by atoms with E-state index in [0.29, 0.717) is 45.3 Å². The van der Waals surface area contributed by atoms with Gasteiger partial charge < -0.3 is 43.9 Å². The van der Waals surface area contributed by atoms with Crippen molar-refractivity contribution >= 4 is 57.1 Å². The van der Waals surface area contributed by atoms with Crippen LogP contribution in [0.1, 0.15) is 126 Å². The molecule has 0 radical (unpaired) electrons. The molecule has 4 aromatic carbocycles. The van der Waals surface area contributed by atoms with Crippen molar-refractivity contribution in [2.45, 2.75) is 135 Å². The van der Waals surface area contributed by atoms with Crippen LogP contribution in [-0.4, -0.2) is 125 Å². The van der Waals surface area contributed by atoms with Crippen LogP contribution in [0.25, 0.3) is 22.1 Å². The van der Waals surface area contributed by atoms with Crippen LogP contribution in [-0.2, 0) is 54.6 Å². The molecule has 15 nitrogen and oxygen atoms in total. The van der Waals surface area contributed by atoms with Gasteiger partial charge in [0.2, 0.25) is 23.6 Å². The highest BCUT2D eigenvalue weighted by Gasteiger charge is 2.32. The molecular weight excluding hydrogens is 967 g/mol. The van der Waals surface area contributed by atoms with Crippen LogP contribution in [0.4, 0.5) is 11.4 Å². The van der Waals surface area contributed by atoms with Crippen molar-refractivity contribution in [1.82, 2.24) is 28.9 Å². The third-order valence-electron chi connectivity index (χ3n) is 15.8. The second kappa shape index (κ2) is 27.3. The number of amides is 4. The second-order valence-electron chi connectivity index (χ2n) is 21.6. The van der Waals surface area contributed by atoms with E-state index in [1.54, 1.807) is 14.2 Å². The van der Waals surface area contributed by atoms with E-state index in [2.05, 4.69) is 69.5 Å². The highest BCUT2D eigenvalue weighted by molar-refractivity contribution is 5.96. The van der Waals surface area contributed by atoms with E-state index in [1.807, 2.05) is 63.2 Å².